The van der Waals surface area contributed by atoms with Crippen LogP contribution in [0.15, 0.2) is 18.2 Å². The van der Waals surface area contributed by atoms with Crippen molar-refractivity contribution in [3.8, 4) is 5.75 Å². The molecule has 0 aromatic heterocycles. The number of anilines is 1. The van der Waals surface area contributed by atoms with Crippen LogP contribution in [-0.4, -0.2) is 19.8 Å². The van der Waals surface area contributed by atoms with Crippen molar-refractivity contribution in [3.63, 3.8) is 0 Å². The molecule has 15 heavy (non-hydrogen) atoms. The minimum atomic E-state index is 0.491. The Kier molecular flexibility index (Phi) is 5.29. The second-order valence-corrected chi connectivity index (χ2v) is 3.58. The lowest BCUT2D eigenvalue weighted by molar-refractivity contribution is 0.101. The molecule has 1 aromatic carbocycles. The second-order valence-electron chi connectivity index (χ2n) is 3.14. The Hall–Kier alpha value is -0.930. The lowest BCUT2D eigenvalue weighted by Gasteiger charge is -2.09. The van der Waals surface area contributed by atoms with Gasteiger partial charge in [-0.15, -0.1) is 0 Å². The average Bonchev–Trinajstić information content (AvgIpc) is 2.23. The summed E-state index contributed by atoms with van der Waals surface area (Å²) < 4.78 is 10.7. The number of nitrogens with two attached hydrogens (primary N) is 1. The smallest absolute Gasteiger partial charge is 0.143 e. The summed E-state index contributed by atoms with van der Waals surface area (Å²) in [4.78, 5) is 0. The predicted octanol–water partition coefficient (Wildman–Crippen LogP) is 2.73. The molecule has 1 rings (SSSR count). The van der Waals surface area contributed by atoms with E-state index in [0.717, 1.165) is 13.0 Å². The fourth-order valence-corrected chi connectivity index (χ4v) is 1.25. The molecule has 0 fully saturated rings. The van der Waals surface area contributed by atoms with Crippen molar-refractivity contribution in [1.29, 1.82) is 0 Å². The van der Waals surface area contributed by atoms with Crippen molar-refractivity contribution in [2.75, 3.05) is 25.6 Å². The molecule has 0 spiro atoms. The summed E-state index contributed by atoms with van der Waals surface area (Å²) >= 11 is 5.81. The van der Waals surface area contributed by atoms with E-state index >= 15 is 0 Å². The Labute approximate surface area is 95.1 Å². The van der Waals surface area contributed by atoms with E-state index in [2.05, 4.69) is 6.92 Å². The Bertz CT molecular complexity index is 305. The maximum atomic E-state index is 5.81. The van der Waals surface area contributed by atoms with Gasteiger partial charge in [0, 0.05) is 17.7 Å². The molecule has 0 radical (unpaired) electrons. The molecule has 0 unspecified atom stereocenters. The van der Waals surface area contributed by atoms with Gasteiger partial charge in [0.05, 0.1) is 12.3 Å². The van der Waals surface area contributed by atoms with Crippen molar-refractivity contribution < 1.29 is 9.47 Å². The van der Waals surface area contributed by atoms with Crippen molar-refractivity contribution >= 4 is 17.3 Å². The number of hydrogen-bond acceptors (Lipinski definition) is 3. The van der Waals surface area contributed by atoms with Gasteiger partial charge in [0.15, 0.2) is 0 Å². The lowest BCUT2D eigenvalue weighted by Crippen LogP contribution is -2.08. The first-order valence-corrected chi connectivity index (χ1v) is 5.37. The fourth-order valence-electron chi connectivity index (χ4n) is 1.09. The quantitative estimate of drug-likeness (QED) is 0.603. The number of hydrogen-bond donors (Lipinski definition) is 1. The van der Waals surface area contributed by atoms with Gasteiger partial charge in [0.1, 0.15) is 12.4 Å². The summed E-state index contributed by atoms with van der Waals surface area (Å²) in [6, 6.07) is 5.17. The number of ether oxygens (including phenoxy) is 2. The van der Waals surface area contributed by atoms with Gasteiger partial charge in [-0.1, -0.05) is 18.5 Å². The van der Waals surface area contributed by atoms with E-state index in [1.165, 1.54) is 0 Å². The van der Waals surface area contributed by atoms with Gasteiger partial charge in [-0.05, 0) is 18.6 Å². The third-order valence-electron chi connectivity index (χ3n) is 1.81. The van der Waals surface area contributed by atoms with Crippen LogP contribution in [0.4, 0.5) is 5.69 Å². The zero-order chi connectivity index (χ0) is 11.1. The van der Waals surface area contributed by atoms with Crippen LogP contribution in [0.25, 0.3) is 0 Å². The van der Waals surface area contributed by atoms with E-state index in [1.54, 1.807) is 18.2 Å². The molecule has 1 aromatic rings. The highest BCUT2D eigenvalue weighted by atomic mass is 35.5. The first-order chi connectivity index (χ1) is 7.24. The van der Waals surface area contributed by atoms with Crippen molar-refractivity contribution in [2.45, 2.75) is 13.3 Å². The number of halogens is 1. The molecule has 0 aliphatic carbocycles. The average molecular weight is 230 g/mol. The minimum absolute atomic E-state index is 0.491. The minimum Gasteiger partial charge on any atom is -0.489 e. The third kappa shape index (κ3) is 4.40. The third-order valence-corrected chi connectivity index (χ3v) is 2.04. The highest BCUT2D eigenvalue weighted by Gasteiger charge is 2.00. The van der Waals surface area contributed by atoms with Crippen molar-refractivity contribution in [3.05, 3.63) is 23.2 Å². The first kappa shape index (κ1) is 12.1. The zero-order valence-electron chi connectivity index (χ0n) is 8.83. The molecule has 0 saturated heterocycles. The van der Waals surface area contributed by atoms with Gasteiger partial charge in [0.2, 0.25) is 0 Å². The monoisotopic (exact) mass is 229 g/mol. The molecule has 3 nitrogen and oxygen atoms in total. The SMILES string of the molecule is CCCOCCOc1cc(Cl)ccc1N. The normalized spacial score (nSPS) is 10.3. The summed E-state index contributed by atoms with van der Waals surface area (Å²) in [6.07, 6.45) is 1.01. The van der Waals surface area contributed by atoms with E-state index in [4.69, 9.17) is 26.8 Å². The molecule has 0 aliphatic rings. The summed E-state index contributed by atoms with van der Waals surface area (Å²) in [5.41, 5.74) is 6.30. The van der Waals surface area contributed by atoms with Crippen LogP contribution in [0.1, 0.15) is 13.3 Å². The second kappa shape index (κ2) is 6.53. The topological polar surface area (TPSA) is 44.5 Å². The standard InChI is InChI=1S/C11H16ClNO2/c1-2-5-14-6-7-15-11-8-9(12)3-4-10(11)13/h3-4,8H,2,5-7,13H2,1H3. The summed E-state index contributed by atoms with van der Waals surface area (Å²) in [5, 5.41) is 0.619. The molecule has 0 saturated carbocycles. The van der Waals surface area contributed by atoms with Gasteiger partial charge >= 0.3 is 0 Å². The highest BCUT2D eigenvalue weighted by molar-refractivity contribution is 6.30. The molecule has 0 amide bonds. The van der Waals surface area contributed by atoms with Gasteiger partial charge in [-0.2, -0.15) is 0 Å². The van der Waals surface area contributed by atoms with Crippen molar-refractivity contribution in [2.24, 2.45) is 0 Å². The molecule has 4 heteroatoms. The van der Waals surface area contributed by atoms with Crippen LogP contribution in [0, 0.1) is 0 Å². The van der Waals surface area contributed by atoms with E-state index in [-0.39, 0.29) is 0 Å². The molecule has 84 valence electrons. The van der Waals surface area contributed by atoms with E-state index in [0.29, 0.717) is 29.7 Å². The molecule has 0 aliphatic heterocycles. The molecule has 2 N–H and O–H groups in total. The maximum absolute atomic E-state index is 5.81. The molecule has 0 heterocycles. The van der Waals surface area contributed by atoms with Gasteiger partial charge in [-0.3, -0.25) is 0 Å². The summed E-state index contributed by atoms with van der Waals surface area (Å²) in [5.74, 6) is 0.614. The molecular formula is C11H16ClNO2. The van der Waals surface area contributed by atoms with Crippen molar-refractivity contribution in [1.82, 2.24) is 0 Å². The van der Waals surface area contributed by atoms with Crippen LogP contribution in [0.2, 0.25) is 5.02 Å². The fraction of sp³-hybridized carbons (Fsp3) is 0.455. The largest absolute Gasteiger partial charge is 0.489 e. The zero-order valence-corrected chi connectivity index (χ0v) is 9.59. The van der Waals surface area contributed by atoms with Gasteiger partial charge in [-0.25, -0.2) is 0 Å². The van der Waals surface area contributed by atoms with E-state index < -0.39 is 0 Å². The van der Waals surface area contributed by atoms with Crippen LogP contribution in [0.5, 0.6) is 5.75 Å². The predicted molar refractivity (Wildman–Crippen MR) is 62.5 cm³/mol. The van der Waals surface area contributed by atoms with Crippen LogP contribution >= 0.6 is 11.6 Å². The van der Waals surface area contributed by atoms with Gasteiger partial charge < -0.3 is 15.2 Å². The van der Waals surface area contributed by atoms with Crippen LogP contribution in [-0.2, 0) is 4.74 Å². The molecule has 0 atom stereocenters. The maximum Gasteiger partial charge on any atom is 0.143 e. The Morgan fingerprint density at radius 3 is 2.80 bits per heavy atom. The summed E-state index contributed by atoms with van der Waals surface area (Å²) in [6.45, 7) is 3.88. The molecule has 0 bridgehead atoms. The number of benzene rings is 1. The lowest BCUT2D eigenvalue weighted by atomic mass is 10.3. The molecular weight excluding hydrogens is 214 g/mol. The van der Waals surface area contributed by atoms with Crippen LogP contribution in [0.3, 0.4) is 0 Å². The Morgan fingerprint density at radius 1 is 1.27 bits per heavy atom. The van der Waals surface area contributed by atoms with E-state index in [9.17, 15) is 0 Å². The summed E-state index contributed by atoms with van der Waals surface area (Å²) in [7, 11) is 0. The highest BCUT2D eigenvalue weighted by Crippen LogP contribution is 2.25. The Balaban J connectivity index is 2.33. The number of rotatable bonds is 6. The number of nitrogen functional groups attached to an aromatic ring is 1. The van der Waals surface area contributed by atoms with Gasteiger partial charge in [0.25, 0.3) is 0 Å². The van der Waals surface area contributed by atoms with Crippen LogP contribution < -0.4 is 10.5 Å². The Morgan fingerprint density at radius 2 is 2.07 bits per heavy atom. The first-order valence-electron chi connectivity index (χ1n) is 4.99. The van der Waals surface area contributed by atoms with E-state index in [1.807, 2.05) is 0 Å².